The van der Waals surface area contributed by atoms with Crippen molar-refractivity contribution in [2.45, 2.75) is 24.5 Å². The maximum atomic E-state index is 11.8. The molecule has 8 heteroatoms. The minimum atomic E-state index is -5.47. The van der Waals surface area contributed by atoms with Crippen molar-refractivity contribution in [1.82, 2.24) is 0 Å². The van der Waals surface area contributed by atoms with Gasteiger partial charge in [0.05, 0.1) is 6.10 Å². The molecule has 14 heavy (non-hydrogen) atoms. The Morgan fingerprint density at radius 1 is 1.36 bits per heavy atom. The molecule has 0 atom stereocenters. The Hall–Kier alpha value is -0.340. The van der Waals surface area contributed by atoms with Gasteiger partial charge in [-0.2, -0.15) is 21.6 Å². The van der Waals surface area contributed by atoms with E-state index < -0.39 is 21.7 Å². The number of aliphatic hydroxyl groups is 1. The molecule has 1 rings (SSSR count). The van der Waals surface area contributed by atoms with E-state index in [1.807, 2.05) is 0 Å². The van der Waals surface area contributed by atoms with Crippen molar-refractivity contribution < 1.29 is 30.9 Å². The van der Waals surface area contributed by atoms with E-state index in [1.165, 1.54) is 0 Å². The molecule has 0 unspecified atom stereocenters. The fourth-order valence-electron chi connectivity index (χ4n) is 1.14. The molecular formula is C6H9F3O4S. The molecule has 0 aromatic carbocycles. The number of halogens is 3. The van der Waals surface area contributed by atoms with Crippen LogP contribution in [-0.4, -0.2) is 31.7 Å². The number of aliphatic hydroxyl groups excluding tert-OH is 1. The third kappa shape index (κ3) is 2.37. The lowest BCUT2D eigenvalue weighted by atomic mass is 9.83. The predicted molar refractivity (Wildman–Crippen MR) is 39.7 cm³/mol. The second kappa shape index (κ2) is 3.67. The van der Waals surface area contributed by atoms with Crippen LogP contribution in [0, 0.1) is 5.92 Å². The van der Waals surface area contributed by atoms with Gasteiger partial charge in [0.25, 0.3) is 0 Å². The molecule has 0 bridgehead atoms. The molecule has 1 saturated carbocycles. The van der Waals surface area contributed by atoms with Crippen LogP contribution >= 0.6 is 0 Å². The second-order valence-corrected chi connectivity index (χ2v) is 4.70. The number of rotatable bonds is 3. The van der Waals surface area contributed by atoms with Gasteiger partial charge in [-0.05, 0) is 18.8 Å². The molecule has 1 N–H and O–H groups in total. The van der Waals surface area contributed by atoms with Crippen molar-refractivity contribution in [1.29, 1.82) is 0 Å². The smallest absolute Gasteiger partial charge is 0.396 e. The first-order valence-corrected chi connectivity index (χ1v) is 5.27. The minimum Gasteiger partial charge on any atom is -0.396 e. The summed E-state index contributed by atoms with van der Waals surface area (Å²) in [4.78, 5) is 0. The van der Waals surface area contributed by atoms with E-state index in [0.29, 0.717) is 0 Å². The van der Waals surface area contributed by atoms with E-state index >= 15 is 0 Å². The van der Waals surface area contributed by atoms with Crippen LogP contribution in [0.5, 0.6) is 0 Å². The zero-order valence-corrected chi connectivity index (χ0v) is 7.81. The Kier molecular flexibility index (Phi) is 3.07. The molecular weight excluding hydrogens is 225 g/mol. The molecule has 1 aliphatic carbocycles. The normalized spacial score (nSPS) is 28.6. The molecule has 0 amide bonds. The van der Waals surface area contributed by atoms with Gasteiger partial charge in [-0.3, -0.25) is 4.18 Å². The SMILES string of the molecule is O=S(=O)(OC1CC(CO)C1)C(F)(F)F. The van der Waals surface area contributed by atoms with E-state index in [0.717, 1.165) is 0 Å². The summed E-state index contributed by atoms with van der Waals surface area (Å²) in [6.07, 6.45) is -0.656. The molecule has 0 aromatic rings. The lowest BCUT2D eigenvalue weighted by Gasteiger charge is -2.32. The zero-order valence-electron chi connectivity index (χ0n) is 6.99. The molecule has 0 saturated heterocycles. The summed E-state index contributed by atoms with van der Waals surface area (Å²) in [5.41, 5.74) is -5.36. The largest absolute Gasteiger partial charge is 0.523 e. The summed E-state index contributed by atoms with van der Waals surface area (Å²) in [6.45, 7) is -0.161. The van der Waals surface area contributed by atoms with Crippen molar-refractivity contribution >= 4 is 10.1 Å². The van der Waals surface area contributed by atoms with Gasteiger partial charge in [-0.25, -0.2) is 0 Å². The Bertz CT molecular complexity index is 291. The number of hydrogen-bond acceptors (Lipinski definition) is 4. The molecule has 0 heterocycles. The van der Waals surface area contributed by atoms with E-state index in [1.54, 1.807) is 0 Å². The van der Waals surface area contributed by atoms with Crippen LogP contribution in [0.1, 0.15) is 12.8 Å². The first kappa shape index (κ1) is 11.7. The van der Waals surface area contributed by atoms with Gasteiger partial charge < -0.3 is 5.11 Å². The molecule has 0 spiro atoms. The molecule has 1 fully saturated rings. The molecule has 0 aromatic heterocycles. The Morgan fingerprint density at radius 3 is 2.21 bits per heavy atom. The Balaban J connectivity index is 2.47. The highest BCUT2D eigenvalue weighted by Gasteiger charge is 2.50. The van der Waals surface area contributed by atoms with Gasteiger partial charge in [0.1, 0.15) is 0 Å². The highest BCUT2D eigenvalue weighted by Crippen LogP contribution is 2.34. The van der Waals surface area contributed by atoms with Gasteiger partial charge >= 0.3 is 15.6 Å². The monoisotopic (exact) mass is 234 g/mol. The van der Waals surface area contributed by atoms with Gasteiger partial charge in [0, 0.05) is 6.61 Å². The summed E-state index contributed by atoms with van der Waals surface area (Å²) in [7, 11) is -5.47. The van der Waals surface area contributed by atoms with Crippen LogP contribution in [0.25, 0.3) is 0 Å². The molecule has 4 nitrogen and oxygen atoms in total. The van der Waals surface area contributed by atoms with Crippen molar-refractivity contribution in [3.05, 3.63) is 0 Å². The van der Waals surface area contributed by atoms with Crippen LogP contribution in [-0.2, 0) is 14.3 Å². The van der Waals surface area contributed by atoms with Crippen molar-refractivity contribution in [2.24, 2.45) is 5.92 Å². The lowest BCUT2D eigenvalue weighted by Crippen LogP contribution is -2.38. The van der Waals surface area contributed by atoms with Crippen LogP contribution in [0.2, 0.25) is 0 Å². The van der Waals surface area contributed by atoms with Gasteiger partial charge in [-0.1, -0.05) is 0 Å². The average Bonchev–Trinajstić information content (AvgIpc) is 1.93. The summed E-state index contributed by atoms with van der Waals surface area (Å²) >= 11 is 0. The summed E-state index contributed by atoms with van der Waals surface area (Å²) < 4.78 is 60.1. The third-order valence-electron chi connectivity index (χ3n) is 2.00. The Morgan fingerprint density at radius 2 is 1.86 bits per heavy atom. The van der Waals surface area contributed by atoms with Crippen LogP contribution in [0.15, 0.2) is 0 Å². The Labute approximate surface area is 78.8 Å². The van der Waals surface area contributed by atoms with Crippen LogP contribution < -0.4 is 0 Å². The topological polar surface area (TPSA) is 63.6 Å². The maximum absolute atomic E-state index is 11.8. The van der Waals surface area contributed by atoms with Gasteiger partial charge in [0.15, 0.2) is 0 Å². The van der Waals surface area contributed by atoms with Crippen molar-refractivity contribution in [3.8, 4) is 0 Å². The molecule has 1 aliphatic rings. The van der Waals surface area contributed by atoms with Gasteiger partial charge in [-0.15, -0.1) is 0 Å². The van der Waals surface area contributed by atoms with E-state index in [9.17, 15) is 21.6 Å². The zero-order chi connectivity index (χ0) is 11.0. The van der Waals surface area contributed by atoms with Crippen LogP contribution in [0.4, 0.5) is 13.2 Å². The second-order valence-electron chi connectivity index (χ2n) is 3.14. The van der Waals surface area contributed by atoms with Crippen LogP contribution in [0.3, 0.4) is 0 Å². The van der Waals surface area contributed by atoms with E-state index in [-0.39, 0.29) is 25.4 Å². The molecule has 84 valence electrons. The first-order chi connectivity index (χ1) is 6.26. The number of hydrogen-bond donors (Lipinski definition) is 1. The van der Waals surface area contributed by atoms with Gasteiger partial charge in [0.2, 0.25) is 0 Å². The van der Waals surface area contributed by atoms with E-state index in [2.05, 4.69) is 4.18 Å². The molecule has 0 radical (unpaired) electrons. The standard InChI is InChI=1S/C6H9F3O4S/c7-6(8,9)14(11,12)13-5-1-4(2-5)3-10/h4-5,10H,1-3H2. The minimum absolute atomic E-state index is 0.145. The number of alkyl halides is 3. The van der Waals surface area contributed by atoms with Crippen molar-refractivity contribution in [3.63, 3.8) is 0 Å². The third-order valence-corrected chi connectivity index (χ3v) is 3.09. The highest BCUT2D eigenvalue weighted by atomic mass is 32.2. The van der Waals surface area contributed by atoms with E-state index in [4.69, 9.17) is 5.11 Å². The quantitative estimate of drug-likeness (QED) is 0.574. The fourth-order valence-corrected chi connectivity index (χ4v) is 1.76. The summed E-state index contributed by atoms with van der Waals surface area (Å²) in [5, 5.41) is 8.53. The lowest BCUT2D eigenvalue weighted by molar-refractivity contribution is -0.0648. The fraction of sp³-hybridized carbons (Fsp3) is 1.00. The molecule has 0 aliphatic heterocycles. The predicted octanol–water partition coefficient (Wildman–Crippen LogP) is 0.624. The maximum Gasteiger partial charge on any atom is 0.523 e. The summed E-state index contributed by atoms with van der Waals surface area (Å²) in [6, 6.07) is 0. The first-order valence-electron chi connectivity index (χ1n) is 3.86. The summed E-state index contributed by atoms with van der Waals surface area (Å²) in [5.74, 6) is -0.150. The highest BCUT2D eigenvalue weighted by molar-refractivity contribution is 7.87. The van der Waals surface area contributed by atoms with Crippen molar-refractivity contribution in [2.75, 3.05) is 6.61 Å². The average molecular weight is 234 g/mol.